The molecule has 0 aromatic heterocycles. The number of hydrogen-bond donors (Lipinski definition) is 3. The predicted molar refractivity (Wildman–Crippen MR) is 61.3 cm³/mol. The van der Waals surface area contributed by atoms with E-state index in [4.69, 9.17) is 10.2 Å². The fourth-order valence-electron chi connectivity index (χ4n) is 0.349. The van der Waals surface area contributed by atoms with Crippen LogP contribution in [0.4, 0.5) is 0 Å². The second-order valence-corrected chi connectivity index (χ2v) is 4.20. The number of halogens is 1. The van der Waals surface area contributed by atoms with Crippen molar-refractivity contribution in [2.45, 2.75) is 36.8 Å². The lowest BCUT2D eigenvalue weighted by molar-refractivity contribution is -0.137. The number of carboxylic acid groups (broad SMARTS) is 2. The number of alkyl halides is 1. The molecular formula is C8H15BrO4S. The van der Waals surface area contributed by atoms with Gasteiger partial charge in [0.1, 0.15) is 4.83 Å². The predicted octanol–water partition coefficient (Wildman–Crippen LogP) is 2.02. The SMILES string of the molecule is CCC(Br)C(=O)O.CCC(S)C(=O)O. The van der Waals surface area contributed by atoms with Crippen molar-refractivity contribution in [1.82, 2.24) is 0 Å². The molecule has 2 atom stereocenters. The molecule has 0 radical (unpaired) electrons. The summed E-state index contributed by atoms with van der Waals surface area (Å²) in [5.74, 6) is -1.63. The summed E-state index contributed by atoms with van der Waals surface area (Å²) in [6.07, 6.45) is 1.22. The molecule has 2 N–H and O–H groups in total. The molecule has 0 spiro atoms. The Morgan fingerprint density at radius 3 is 1.64 bits per heavy atom. The Hall–Kier alpha value is -0.230. The second-order valence-electron chi connectivity index (χ2n) is 2.48. The zero-order valence-corrected chi connectivity index (χ0v) is 10.6. The van der Waals surface area contributed by atoms with Gasteiger partial charge < -0.3 is 10.2 Å². The van der Waals surface area contributed by atoms with Crippen LogP contribution in [0.25, 0.3) is 0 Å². The minimum Gasteiger partial charge on any atom is -0.480 e. The third-order valence-corrected chi connectivity index (χ3v) is 2.92. The Kier molecular flexibility index (Phi) is 10.8. The van der Waals surface area contributed by atoms with E-state index in [1.807, 2.05) is 6.92 Å². The van der Waals surface area contributed by atoms with Gasteiger partial charge in [0.05, 0.1) is 5.25 Å². The van der Waals surface area contributed by atoms with Gasteiger partial charge in [-0.15, -0.1) is 0 Å². The van der Waals surface area contributed by atoms with E-state index in [2.05, 4.69) is 28.6 Å². The van der Waals surface area contributed by atoms with E-state index in [1.54, 1.807) is 6.92 Å². The van der Waals surface area contributed by atoms with Gasteiger partial charge in [-0.25, -0.2) is 0 Å². The maximum atomic E-state index is 9.88. The molecule has 0 aliphatic rings. The number of aliphatic carboxylic acids is 2. The summed E-state index contributed by atoms with van der Waals surface area (Å²) < 4.78 is 0. The van der Waals surface area contributed by atoms with Crippen molar-refractivity contribution in [1.29, 1.82) is 0 Å². The molecule has 0 saturated carbocycles. The monoisotopic (exact) mass is 286 g/mol. The molecule has 84 valence electrons. The van der Waals surface area contributed by atoms with E-state index in [1.165, 1.54) is 0 Å². The van der Waals surface area contributed by atoms with Crippen LogP contribution in [0.3, 0.4) is 0 Å². The van der Waals surface area contributed by atoms with Crippen LogP contribution in [0.15, 0.2) is 0 Å². The molecule has 0 saturated heterocycles. The highest BCUT2D eigenvalue weighted by molar-refractivity contribution is 9.10. The largest absolute Gasteiger partial charge is 0.480 e. The number of thiol groups is 1. The highest BCUT2D eigenvalue weighted by atomic mass is 79.9. The third kappa shape index (κ3) is 9.85. The molecule has 0 aromatic carbocycles. The summed E-state index contributed by atoms with van der Waals surface area (Å²) in [5.41, 5.74) is 0. The maximum Gasteiger partial charge on any atom is 0.317 e. The summed E-state index contributed by atoms with van der Waals surface area (Å²) in [5, 5.41) is 15.8. The first-order valence-corrected chi connectivity index (χ1v) is 5.57. The van der Waals surface area contributed by atoms with Gasteiger partial charge in [-0.2, -0.15) is 12.6 Å². The molecule has 4 nitrogen and oxygen atoms in total. The van der Waals surface area contributed by atoms with Gasteiger partial charge >= 0.3 is 11.9 Å². The Morgan fingerprint density at radius 2 is 1.64 bits per heavy atom. The van der Waals surface area contributed by atoms with Crippen molar-refractivity contribution in [2.24, 2.45) is 0 Å². The summed E-state index contributed by atoms with van der Waals surface area (Å²) in [6.45, 7) is 3.60. The van der Waals surface area contributed by atoms with E-state index in [-0.39, 0.29) is 4.83 Å². The first kappa shape index (κ1) is 16.2. The van der Waals surface area contributed by atoms with Crippen molar-refractivity contribution < 1.29 is 19.8 Å². The fraction of sp³-hybridized carbons (Fsp3) is 0.750. The lowest BCUT2D eigenvalue weighted by Crippen LogP contribution is -2.10. The quantitative estimate of drug-likeness (QED) is 0.546. The zero-order chi connectivity index (χ0) is 11.7. The first-order chi connectivity index (χ1) is 6.36. The van der Waals surface area contributed by atoms with Crippen molar-refractivity contribution in [3.05, 3.63) is 0 Å². The van der Waals surface area contributed by atoms with E-state index < -0.39 is 17.2 Å². The zero-order valence-electron chi connectivity index (χ0n) is 8.11. The van der Waals surface area contributed by atoms with Crippen molar-refractivity contribution in [3.63, 3.8) is 0 Å². The molecule has 0 heterocycles. The highest BCUT2D eigenvalue weighted by Crippen LogP contribution is 2.02. The van der Waals surface area contributed by atoms with Gasteiger partial charge in [0.25, 0.3) is 0 Å². The topological polar surface area (TPSA) is 74.6 Å². The normalized spacial score (nSPS) is 13.4. The van der Waals surface area contributed by atoms with Crippen LogP contribution in [0, 0.1) is 0 Å². The Balaban J connectivity index is 0. The van der Waals surface area contributed by atoms with Crippen molar-refractivity contribution in [2.75, 3.05) is 0 Å². The second kappa shape index (κ2) is 9.33. The Labute approximate surface area is 97.2 Å². The molecule has 0 aliphatic heterocycles. The van der Waals surface area contributed by atoms with Crippen LogP contribution in [0.2, 0.25) is 0 Å². The molecular weight excluding hydrogens is 272 g/mol. The van der Waals surface area contributed by atoms with Crippen LogP contribution >= 0.6 is 28.6 Å². The van der Waals surface area contributed by atoms with Crippen molar-refractivity contribution in [3.8, 4) is 0 Å². The van der Waals surface area contributed by atoms with Gasteiger partial charge in [-0.3, -0.25) is 9.59 Å². The minimum atomic E-state index is -0.842. The van der Waals surface area contributed by atoms with Gasteiger partial charge in [-0.05, 0) is 12.8 Å². The van der Waals surface area contributed by atoms with E-state index in [0.717, 1.165) is 0 Å². The lowest BCUT2D eigenvalue weighted by atomic mass is 10.3. The number of carbonyl (C=O) groups is 2. The number of carboxylic acids is 2. The average Bonchev–Trinajstić information content (AvgIpc) is 2.15. The smallest absolute Gasteiger partial charge is 0.317 e. The summed E-state index contributed by atoms with van der Waals surface area (Å²) in [7, 11) is 0. The molecule has 6 heteroatoms. The average molecular weight is 287 g/mol. The van der Waals surface area contributed by atoms with E-state index >= 15 is 0 Å². The van der Waals surface area contributed by atoms with Crippen LogP contribution < -0.4 is 0 Å². The minimum absolute atomic E-state index is 0.368. The lowest BCUT2D eigenvalue weighted by Gasteiger charge is -1.95. The number of rotatable bonds is 4. The van der Waals surface area contributed by atoms with Gasteiger partial charge in [0.2, 0.25) is 0 Å². The van der Waals surface area contributed by atoms with Gasteiger partial charge in [0.15, 0.2) is 0 Å². The van der Waals surface area contributed by atoms with E-state index in [9.17, 15) is 9.59 Å². The fourth-order valence-corrected chi connectivity index (χ4v) is 0.349. The van der Waals surface area contributed by atoms with Gasteiger partial charge in [-0.1, -0.05) is 29.8 Å². The molecule has 0 amide bonds. The summed E-state index contributed by atoms with van der Waals surface area (Å²) in [4.78, 5) is 19.4. The highest BCUT2D eigenvalue weighted by Gasteiger charge is 2.07. The maximum absolute atomic E-state index is 9.88. The summed E-state index contributed by atoms with van der Waals surface area (Å²) in [6, 6.07) is 0. The molecule has 14 heavy (non-hydrogen) atoms. The molecule has 0 fully saturated rings. The van der Waals surface area contributed by atoms with E-state index in [0.29, 0.717) is 12.8 Å². The summed E-state index contributed by atoms with van der Waals surface area (Å²) >= 11 is 6.67. The van der Waals surface area contributed by atoms with Crippen LogP contribution in [0.5, 0.6) is 0 Å². The van der Waals surface area contributed by atoms with Crippen LogP contribution in [0.1, 0.15) is 26.7 Å². The van der Waals surface area contributed by atoms with Crippen LogP contribution in [-0.2, 0) is 9.59 Å². The molecule has 0 aliphatic carbocycles. The molecule has 2 unspecified atom stereocenters. The number of hydrogen-bond acceptors (Lipinski definition) is 3. The molecule has 0 bridgehead atoms. The van der Waals surface area contributed by atoms with Crippen LogP contribution in [-0.4, -0.2) is 32.2 Å². The molecule has 0 aromatic rings. The van der Waals surface area contributed by atoms with Gasteiger partial charge in [0, 0.05) is 0 Å². The third-order valence-electron chi connectivity index (χ3n) is 1.30. The molecule has 0 rings (SSSR count). The van der Waals surface area contributed by atoms with Crippen molar-refractivity contribution >= 4 is 40.5 Å². The Morgan fingerprint density at radius 1 is 1.21 bits per heavy atom. The first-order valence-electron chi connectivity index (χ1n) is 4.14. The standard InChI is InChI=1S/C4H7BrO2.C4H8O2S/c1-2-3(5)4(6)7;1-2-3(7)4(5)6/h3H,2H2,1H3,(H,6,7);3,7H,2H2,1H3,(H,5,6). The Bertz CT molecular complexity index is 166.